The van der Waals surface area contributed by atoms with Crippen molar-refractivity contribution in [1.29, 1.82) is 0 Å². The van der Waals surface area contributed by atoms with Gasteiger partial charge in [-0.15, -0.1) is 0 Å². The Morgan fingerprint density at radius 3 is 2.24 bits per heavy atom. The molecule has 0 aromatic heterocycles. The third-order valence-corrected chi connectivity index (χ3v) is 3.87. The van der Waals surface area contributed by atoms with Crippen LogP contribution in [0.2, 0.25) is 0 Å². The summed E-state index contributed by atoms with van der Waals surface area (Å²) in [5.41, 5.74) is 2.06. The van der Waals surface area contributed by atoms with Crippen LogP contribution < -0.4 is 4.74 Å². The number of aliphatic hydroxyl groups excluding tert-OH is 1. The maximum atomic E-state index is 9.79. The normalized spacial score (nSPS) is 12.4. The molecule has 0 radical (unpaired) electrons. The molecule has 1 N–H and O–H groups in total. The van der Waals surface area contributed by atoms with Crippen LogP contribution in [0, 0.1) is 6.92 Å². The van der Waals surface area contributed by atoms with Crippen LogP contribution in [0.25, 0.3) is 0 Å². The van der Waals surface area contributed by atoms with Crippen LogP contribution in [0.5, 0.6) is 5.75 Å². The highest BCUT2D eigenvalue weighted by atomic mass is 16.5. The summed E-state index contributed by atoms with van der Waals surface area (Å²) in [4.78, 5) is 0. The molecule has 0 fully saturated rings. The van der Waals surface area contributed by atoms with E-state index >= 15 is 0 Å². The number of ether oxygens (including phenoxy) is 1. The summed E-state index contributed by atoms with van der Waals surface area (Å²) in [6.07, 6.45) is 9.97. The highest BCUT2D eigenvalue weighted by Crippen LogP contribution is 2.26. The van der Waals surface area contributed by atoms with Crippen molar-refractivity contribution in [2.75, 3.05) is 6.61 Å². The number of rotatable bonds is 11. The second kappa shape index (κ2) is 10.7. The first kappa shape index (κ1) is 18.0. The van der Waals surface area contributed by atoms with Gasteiger partial charge >= 0.3 is 0 Å². The summed E-state index contributed by atoms with van der Waals surface area (Å²) in [7, 11) is 0. The Morgan fingerprint density at radius 1 is 1.00 bits per heavy atom. The van der Waals surface area contributed by atoms with E-state index in [0.29, 0.717) is 0 Å². The average Bonchev–Trinajstić information content (AvgIpc) is 2.46. The van der Waals surface area contributed by atoms with Crippen LogP contribution in [0.3, 0.4) is 0 Å². The Kier molecular flexibility index (Phi) is 9.16. The summed E-state index contributed by atoms with van der Waals surface area (Å²) in [5, 5.41) is 9.79. The molecule has 0 amide bonds. The van der Waals surface area contributed by atoms with Crippen molar-refractivity contribution in [2.24, 2.45) is 0 Å². The van der Waals surface area contributed by atoms with Gasteiger partial charge in [-0.2, -0.15) is 0 Å². The predicted molar refractivity (Wildman–Crippen MR) is 89.9 cm³/mol. The predicted octanol–water partition coefficient (Wildman–Crippen LogP) is 5.57. The van der Waals surface area contributed by atoms with Crippen molar-refractivity contribution >= 4 is 0 Å². The lowest BCUT2D eigenvalue weighted by atomic mass is 10.1. The fourth-order valence-corrected chi connectivity index (χ4v) is 2.54. The van der Waals surface area contributed by atoms with Crippen molar-refractivity contribution in [1.82, 2.24) is 0 Å². The number of unbranched alkanes of at least 4 members (excludes halogenated alkanes) is 7. The third kappa shape index (κ3) is 7.52. The molecule has 0 saturated heterocycles. The van der Waals surface area contributed by atoms with Gasteiger partial charge in [-0.25, -0.2) is 0 Å². The molecule has 1 aromatic carbocycles. The van der Waals surface area contributed by atoms with Gasteiger partial charge in [0.05, 0.1) is 12.7 Å². The van der Waals surface area contributed by atoms with E-state index < -0.39 is 6.10 Å². The minimum atomic E-state index is -0.474. The van der Waals surface area contributed by atoms with E-state index in [1.54, 1.807) is 6.92 Å². The molecule has 0 spiro atoms. The number of aryl methyl sites for hydroxylation is 1. The van der Waals surface area contributed by atoms with Gasteiger partial charge in [-0.3, -0.25) is 0 Å². The highest BCUT2D eigenvalue weighted by molar-refractivity contribution is 5.38. The summed E-state index contributed by atoms with van der Waals surface area (Å²) in [6.45, 7) is 6.83. The van der Waals surface area contributed by atoms with Crippen LogP contribution in [0.1, 0.15) is 82.4 Å². The van der Waals surface area contributed by atoms with E-state index in [0.717, 1.165) is 29.9 Å². The highest BCUT2D eigenvalue weighted by Gasteiger charge is 2.09. The van der Waals surface area contributed by atoms with Gasteiger partial charge in [-0.1, -0.05) is 63.5 Å². The summed E-state index contributed by atoms with van der Waals surface area (Å²) >= 11 is 0. The first-order valence-corrected chi connectivity index (χ1v) is 8.56. The molecule has 0 heterocycles. The van der Waals surface area contributed by atoms with E-state index in [1.165, 1.54) is 44.9 Å². The quantitative estimate of drug-likeness (QED) is 0.540. The van der Waals surface area contributed by atoms with Gasteiger partial charge in [0.15, 0.2) is 0 Å². The first-order valence-electron chi connectivity index (χ1n) is 8.56. The Bertz CT molecular complexity index is 385. The Labute approximate surface area is 130 Å². The topological polar surface area (TPSA) is 29.5 Å². The smallest absolute Gasteiger partial charge is 0.125 e. The first-order chi connectivity index (χ1) is 10.1. The van der Waals surface area contributed by atoms with E-state index in [2.05, 4.69) is 6.92 Å². The summed E-state index contributed by atoms with van der Waals surface area (Å²) in [6, 6.07) is 6.02. The zero-order valence-corrected chi connectivity index (χ0v) is 14.0. The van der Waals surface area contributed by atoms with E-state index in [9.17, 15) is 5.11 Å². The SMILES string of the molecule is CCCCCCCCCCOc1ccc(C)cc1[C@H](C)O. The van der Waals surface area contributed by atoms with Crippen molar-refractivity contribution in [2.45, 2.75) is 78.2 Å². The summed E-state index contributed by atoms with van der Waals surface area (Å²) < 4.78 is 5.84. The number of hydrogen-bond acceptors (Lipinski definition) is 2. The standard InChI is InChI=1S/C19H32O2/c1-4-5-6-7-8-9-10-11-14-21-19-13-12-16(2)15-18(19)17(3)20/h12-13,15,17,20H,4-11,14H2,1-3H3/t17-/m0/s1. The minimum Gasteiger partial charge on any atom is -0.493 e. The monoisotopic (exact) mass is 292 g/mol. The maximum Gasteiger partial charge on any atom is 0.125 e. The largest absolute Gasteiger partial charge is 0.493 e. The molecule has 0 bridgehead atoms. The lowest BCUT2D eigenvalue weighted by Crippen LogP contribution is -2.02. The molecule has 0 aliphatic heterocycles. The fourth-order valence-electron chi connectivity index (χ4n) is 2.54. The molecule has 120 valence electrons. The van der Waals surface area contributed by atoms with Crippen LogP contribution in [0.15, 0.2) is 18.2 Å². The molecule has 1 rings (SSSR count). The molecular weight excluding hydrogens is 260 g/mol. The van der Waals surface area contributed by atoms with Crippen LogP contribution in [-0.2, 0) is 0 Å². The van der Waals surface area contributed by atoms with Gasteiger partial charge < -0.3 is 9.84 Å². The molecule has 1 aromatic rings. The number of aliphatic hydroxyl groups is 1. The maximum absolute atomic E-state index is 9.79. The molecule has 1 atom stereocenters. The average molecular weight is 292 g/mol. The minimum absolute atomic E-state index is 0.474. The lowest BCUT2D eigenvalue weighted by Gasteiger charge is -2.14. The molecule has 21 heavy (non-hydrogen) atoms. The van der Waals surface area contributed by atoms with Gasteiger partial charge in [0.1, 0.15) is 5.75 Å². The van der Waals surface area contributed by atoms with E-state index in [-0.39, 0.29) is 0 Å². The van der Waals surface area contributed by atoms with Crippen molar-refractivity contribution in [3.8, 4) is 5.75 Å². The lowest BCUT2D eigenvalue weighted by molar-refractivity contribution is 0.190. The second-order valence-electron chi connectivity index (χ2n) is 6.04. The fraction of sp³-hybridized carbons (Fsp3) is 0.684. The van der Waals surface area contributed by atoms with Gasteiger partial charge in [0, 0.05) is 5.56 Å². The van der Waals surface area contributed by atoms with Crippen molar-refractivity contribution < 1.29 is 9.84 Å². The van der Waals surface area contributed by atoms with Crippen molar-refractivity contribution in [3.63, 3.8) is 0 Å². The van der Waals surface area contributed by atoms with E-state index in [1.807, 2.05) is 25.1 Å². The second-order valence-corrected chi connectivity index (χ2v) is 6.04. The molecule has 0 aliphatic rings. The number of hydrogen-bond donors (Lipinski definition) is 1. The number of benzene rings is 1. The van der Waals surface area contributed by atoms with Crippen LogP contribution in [-0.4, -0.2) is 11.7 Å². The zero-order chi connectivity index (χ0) is 15.5. The molecule has 0 unspecified atom stereocenters. The van der Waals surface area contributed by atoms with Crippen molar-refractivity contribution in [3.05, 3.63) is 29.3 Å². The van der Waals surface area contributed by atoms with Gasteiger partial charge in [0.2, 0.25) is 0 Å². The summed E-state index contributed by atoms with van der Waals surface area (Å²) in [5.74, 6) is 0.832. The van der Waals surface area contributed by atoms with Crippen LogP contribution in [0.4, 0.5) is 0 Å². The van der Waals surface area contributed by atoms with E-state index in [4.69, 9.17) is 4.74 Å². The molecule has 2 heteroatoms. The zero-order valence-electron chi connectivity index (χ0n) is 14.0. The van der Waals surface area contributed by atoms with Crippen LogP contribution >= 0.6 is 0 Å². The Morgan fingerprint density at radius 2 is 1.62 bits per heavy atom. The molecule has 0 aliphatic carbocycles. The Balaban J connectivity index is 2.18. The van der Waals surface area contributed by atoms with Gasteiger partial charge in [0.25, 0.3) is 0 Å². The molecule has 2 nitrogen and oxygen atoms in total. The molecular formula is C19H32O2. The molecule has 0 saturated carbocycles. The van der Waals surface area contributed by atoms with Gasteiger partial charge in [-0.05, 0) is 32.4 Å². The Hall–Kier alpha value is -1.02. The third-order valence-electron chi connectivity index (χ3n) is 3.87.